The molecule has 1 saturated carbocycles. The lowest BCUT2D eigenvalue weighted by atomic mass is 9.95. The number of aromatic nitrogens is 2. The highest BCUT2D eigenvalue weighted by Crippen LogP contribution is 2.54. The molecular formula is C18H19F2N3O. The second-order valence-corrected chi connectivity index (χ2v) is 6.99. The second kappa shape index (κ2) is 5.40. The average Bonchev–Trinajstić information content (AvgIpc) is 3.18. The first-order valence-corrected chi connectivity index (χ1v) is 8.34. The molecule has 2 aliphatic rings. The number of halogens is 2. The van der Waals surface area contributed by atoms with Crippen molar-refractivity contribution >= 4 is 5.91 Å². The molecule has 6 heteroatoms. The van der Waals surface area contributed by atoms with E-state index in [2.05, 4.69) is 10.4 Å². The number of amides is 1. The molecule has 4 rings (SSSR count). The molecule has 1 aromatic heterocycles. The molecule has 2 atom stereocenters. The Bertz CT molecular complexity index is 828. The summed E-state index contributed by atoms with van der Waals surface area (Å²) in [5.74, 6) is -0.911. The number of nitrogens with zero attached hydrogens (tertiary/aromatic N) is 2. The summed E-state index contributed by atoms with van der Waals surface area (Å²) in [6.07, 6.45) is 3.05. The van der Waals surface area contributed by atoms with Gasteiger partial charge >= 0.3 is 0 Å². The van der Waals surface area contributed by atoms with Gasteiger partial charge in [0.2, 0.25) is 0 Å². The Labute approximate surface area is 138 Å². The van der Waals surface area contributed by atoms with Crippen molar-refractivity contribution in [3.8, 4) is 5.69 Å². The molecule has 1 aromatic carbocycles. The Hall–Kier alpha value is -2.24. The molecule has 24 heavy (non-hydrogen) atoms. The van der Waals surface area contributed by atoms with Crippen molar-refractivity contribution in [2.45, 2.75) is 51.0 Å². The lowest BCUT2D eigenvalue weighted by molar-refractivity contribution is 0.0936. The lowest BCUT2D eigenvalue weighted by Crippen LogP contribution is -2.31. The summed E-state index contributed by atoms with van der Waals surface area (Å²) in [7, 11) is 0. The Kier molecular flexibility index (Phi) is 3.44. The zero-order chi connectivity index (χ0) is 17.0. The van der Waals surface area contributed by atoms with Gasteiger partial charge in [0.25, 0.3) is 5.91 Å². The van der Waals surface area contributed by atoms with Crippen molar-refractivity contribution in [3.63, 3.8) is 0 Å². The van der Waals surface area contributed by atoms with Gasteiger partial charge < -0.3 is 5.32 Å². The van der Waals surface area contributed by atoms with E-state index >= 15 is 0 Å². The minimum Gasteiger partial charge on any atom is -0.348 e. The Morgan fingerprint density at radius 1 is 1.29 bits per heavy atom. The van der Waals surface area contributed by atoms with E-state index in [0.717, 1.165) is 36.6 Å². The monoisotopic (exact) mass is 331 g/mol. The van der Waals surface area contributed by atoms with Crippen molar-refractivity contribution < 1.29 is 13.6 Å². The van der Waals surface area contributed by atoms with E-state index in [1.54, 1.807) is 0 Å². The zero-order valence-corrected chi connectivity index (χ0v) is 13.6. The van der Waals surface area contributed by atoms with Gasteiger partial charge in [0.1, 0.15) is 11.5 Å². The fourth-order valence-corrected chi connectivity index (χ4v) is 4.07. The van der Waals surface area contributed by atoms with Crippen molar-refractivity contribution in [1.82, 2.24) is 15.1 Å². The standard InChI is InChI=1S/C18H19F2N3O/c1-9(2)21-18(24)16-15-10-3-4-11(7-10)17(15)23(22-16)14-6-5-12(19)8-13(14)20/h5-6,8-11H,3-4,7H2,1-2H3,(H,21,24). The van der Waals surface area contributed by atoms with Gasteiger partial charge in [0.15, 0.2) is 11.5 Å². The fourth-order valence-electron chi connectivity index (χ4n) is 4.07. The first kappa shape index (κ1) is 15.3. The average molecular weight is 331 g/mol. The maximum absolute atomic E-state index is 14.3. The second-order valence-electron chi connectivity index (χ2n) is 6.99. The molecule has 1 amide bonds. The Morgan fingerprint density at radius 2 is 2.04 bits per heavy atom. The molecule has 1 fully saturated rings. The fraction of sp³-hybridized carbons (Fsp3) is 0.444. The molecule has 2 unspecified atom stereocenters. The molecule has 0 aliphatic heterocycles. The summed E-state index contributed by atoms with van der Waals surface area (Å²) >= 11 is 0. The van der Waals surface area contributed by atoms with Gasteiger partial charge in [-0.2, -0.15) is 5.10 Å². The van der Waals surface area contributed by atoms with Gasteiger partial charge in [-0.3, -0.25) is 4.79 Å². The highest BCUT2D eigenvalue weighted by molar-refractivity contribution is 5.95. The van der Waals surface area contributed by atoms with Crippen molar-refractivity contribution in [1.29, 1.82) is 0 Å². The minimum atomic E-state index is -0.668. The van der Waals surface area contributed by atoms with Crippen LogP contribution in [0.4, 0.5) is 8.78 Å². The third-order valence-electron chi connectivity index (χ3n) is 4.96. The molecule has 0 radical (unpaired) electrons. The molecule has 0 saturated heterocycles. The van der Waals surface area contributed by atoms with E-state index in [1.165, 1.54) is 16.8 Å². The van der Waals surface area contributed by atoms with Gasteiger partial charge in [0.05, 0.1) is 5.69 Å². The Morgan fingerprint density at radius 3 is 2.75 bits per heavy atom. The van der Waals surface area contributed by atoms with Gasteiger partial charge in [-0.05, 0) is 51.2 Å². The summed E-state index contributed by atoms with van der Waals surface area (Å²) in [5, 5.41) is 7.30. The minimum absolute atomic E-state index is 0.000511. The lowest BCUT2D eigenvalue weighted by Gasteiger charge is -2.14. The predicted octanol–water partition coefficient (Wildman–Crippen LogP) is 3.65. The van der Waals surface area contributed by atoms with Crippen molar-refractivity contribution in [2.24, 2.45) is 0 Å². The van der Waals surface area contributed by atoms with E-state index < -0.39 is 11.6 Å². The quantitative estimate of drug-likeness (QED) is 0.933. The summed E-state index contributed by atoms with van der Waals surface area (Å²) in [5.41, 5.74) is 2.46. The first-order chi connectivity index (χ1) is 11.5. The van der Waals surface area contributed by atoms with Crippen LogP contribution in [-0.2, 0) is 0 Å². The van der Waals surface area contributed by atoms with Crippen LogP contribution < -0.4 is 5.32 Å². The van der Waals surface area contributed by atoms with E-state index in [-0.39, 0.29) is 17.6 Å². The van der Waals surface area contributed by atoms with Gasteiger partial charge in [-0.1, -0.05) is 0 Å². The van der Waals surface area contributed by atoms with Crippen LogP contribution in [0.1, 0.15) is 66.7 Å². The molecule has 2 aliphatic carbocycles. The Balaban J connectivity index is 1.87. The highest BCUT2D eigenvalue weighted by atomic mass is 19.1. The summed E-state index contributed by atoms with van der Waals surface area (Å²) in [6, 6.07) is 3.45. The number of carbonyl (C=O) groups is 1. The van der Waals surface area contributed by atoms with E-state index in [4.69, 9.17) is 0 Å². The number of hydrogen-bond acceptors (Lipinski definition) is 2. The molecule has 1 heterocycles. The van der Waals surface area contributed by atoms with Crippen LogP contribution in [0.3, 0.4) is 0 Å². The predicted molar refractivity (Wildman–Crippen MR) is 85.4 cm³/mol. The summed E-state index contributed by atoms with van der Waals surface area (Å²) in [4.78, 5) is 12.5. The van der Waals surface area contributed by atoms with Crippen LogP contribution in [0.15, 0.2) is 18.2 Å². The van der Waals surface area contributed by atoms with Crippen LogP contribution >= 0.6 is 0 Å². The molecule has 0 spiro atoms. The van der Waals surface area contributed by atoms with Crippen LogP contribution in [0, 0.1) is 11.6 Å². The van der Waals surface area contributed by atoms with Crippen LogP contribution in [0.5, 0.6) is 0 Å². The third kappa shape index (κ3) is 2.24. The topological polar surface area (TPSA) is 46.9 Å². The number of nitrogens with one attached hydrogen (secondary N) is 1. The summed E-state index contributed by atoms with van der Waals surface area (Å²) in [6.45, 7) is 3.78. The SMILES string of the molecule is CC(C)NC(=O)c1nn(-c2ccc(F)cc2F)c2c1C1CCC2C1. The maximum Gasteiger partial charge on any atom is 0.272 e. The molecular weight excluding hydrogens is 312 g/mol. The van der Waals surface area contributed by atoms with Crippen LogP contribution in [-0.4, -0.2) is 21.7 Å². The van der Waals surface area contributed by atoms with E-state index in [0.29, 0.717) is 17.5 Å². The molecule has 2 bridgehead atoms. The van der Waals surface area contributed by atoms with Crippen LogP contribution in [0.2, 0.25) is 0 Å². The first-order valence-electron chi connectivity index (χ1n) is 8.34. The molecule has 1 N–H and O–H groups in total. The van der Waals surface area contributed by atoms with E-state index in [1.807, 2.05) is 13.8 Å². The number of carbonyl (C=O) groups excluding carboxylic acids is 1. The molecule has 4 nitrogen and oxygen atoms in total. The van der Waals surface area contributed by atoms with Gasteiger partial charge in [0, 0.05) is 23.6 Å². The number of benzene rings is 1. The zero-order valence-electron chi connectivity index (χ0n) is 13.6. The third-order valence-corrected chi connectivity index (χ3v) is 4.96. The molecule has 126 valence electrons. The largest absolute Gasteiger partial charge is 0.348 e. The number of rotatable bonds is 3. The highest BCUT2D eigenvalue weighted by Gasteiger charge is 2.44. The molecule has 2 aromatic rings. The smallest absolute Gasteiger partial charge is 0.272 e. The summed E-state index contributed by atoms with van der Waals surface area (Å²) < 4.78 is 29.0. The van der Waals surface area contributed by atoms with Crippen LogP contribution in [0.25, 0.3) is 5.69 Å². The van der Waals surface area contributed by atoms with Gasteiger partial charge in [-0.25, -0.2) is 13.5 Å². The van der Waals surface area contributed by atoms with Gasteiger partial charge in [-0.15, -0.1) is 0 Å². The van der Waals surface area contributed by atoms with Crippen molar-refractivity contribution in [3.05, 3.63) is 46.8 Å². The number of fused-ring (bicyclic) bond motifs is 5. The van der Waals surface area contributed by atoms with Crippen molar-refractivity contribution in [2.75, 3.05) is 0 Å². The normalized spacial score (nSPS) is 21.4. The van der Waals surface area contributed by atoms with E-state index in [9.17, 15) is 13.6 Å². The maximum atomic E-state index is 14.3. The number of hydrogen-bond donors (Lipinski definition) is 1.